The summed E-state index contributed by atoms with van der Waals surface area (Å²) in [6.45, 7) is 5.22. The molecule has 1 aliphatic rings. The molecule has 2 amide bonds. The molecule has 1 aromatic carbocycles. The maximum Gasteiger partial charge on any atom is 0.408 e. The van der Waals surface area contributed by atoms with Crippen molar-refractivity contribution in [1.82, 2.24) is 10.6 Å². The molecule has 1 aromatic rings. The number of hydrogen-bond donors (Lipinski definition) is 2. The monoisotopic (exact) mass is 525 g/mol. The topological polar surface area (TPSA) is 150 Å². The van der Waals surface area contributed by atoms with Crippen molar-refractivity contribution in [3.63, 3.8) is 0 Å². The van der Waals surface area contributed by atoms with Gasteiger partial charge in [-0.1, -0.05) is 23.3 Å². The first kappa shape index (κ1) is 28.8. The highest BCUT2D eigenvalue weighted by molar-refractivity contribution is 7.98. The van der Waals surface area contributed by atoms with Crippen molar-refractivity contribution in [2.75, 3.05) is 17.8 Å². The van der Waals surface area contributed by atoms with Gasteiger partial charge in [-0.3, -0.25) is 4.79 Å². The van der Waals surface area contributed by atoms with Gasteiger partial charge >= 0.3 is 6.09 Å². The van der Waals surface area contributed by atoms with E-state index in [0.29, 0.717) is 31.4 Å². The summed E-state index contributed by atoms with van der Waals surface area (Å²) in [5.74, 6) is -0.382. The lowest BCUT2D eigenvalue weighted by atomic mass is 9.82. The Kier molecular flexibility index (Phi) is 10.7. The third-order valence-electron chi connectivity index (χ3n) is 5.65. The molecular formula is C23H35N5O5S2. The third-order valence-corrected chi connectivity index (χ3v) is 8.15. The quantitative estimate of drug-likeness (QED) is 0.267. The molecule has 0 unspecified atom stereocenters. The molecule has 2 rings (SSSR count). The fourth-order valence-corrected chi connectivity index (χ4v) is 6.20. The number of rotatable bonds is 10. The van der Waals surface area contributed by atoms with Gasteiger partial charge in [0, 0.05) is 17.0 Å². The van der Waals surface area contributed by atoms with Crippen molar-refractivity contribution >= 4 is 33.6 Å². The molecule has 35 heavy (non-hydrogen) atoms. The van der Waals surface area contributed by atoms with Crippen molar-refractivity contribution in [2.45, 2.75) is 75.1 Å². The number of benzene rings is 1. The largest absolute Gasteiger partial charge is 0.444 e. The maximum absolute atomic E-state index is 13.2. The summed E-state index contributed by atoms with van der Waals surface area (Å²) in [7, 11) is -3.62. The molecular weight excluding hydrogens is 490 g/mol. The number of azide groups is 1. The average Bonchev–Trinajstić information content (AvgIpc) is 2.77. The van der Waals surface area contributed by atoms with E-state index in [9.17, 15) is 18.0 Å². The minimum atomic E-state index is -3.62. The predicted molar refractivity (Wildman–Crippen MR) is 137 cm³/mol. The molecule has 0 radical (unpaired) electrons. The van der Waals surface area contributed by atoms with Gasteiger partial charge in [0.15, 0.2) is 9.84 Å². The number of nitrogens with zero attached hydrogens (tertiary/aromatic N) is 3. The van der Waals surface area contributed by atoms with Crippen LogP contribution in [0.4, 0.5) is 4.79 Å². The number of thioether (sulfide) groups is 1. The highest BCUT2D eigenvalue weighted by Gasteiger charge is 2.36. The Morgan fingerprint density at radius 3 is 2.54 bits per heavy atom. The van der Waals surface area contributed by atoms with Crippen LogP contribution in [0.25, 0.3) is 10.4 Å². The first-order valence-electron chi connectivity index (χ1n) is 11.6. The molecule has 194 valence electrons. The van der Waals surface area contributed by atoms with E-state index in [4.69, 9.17) is 10.3 Å². The lowest BCUT2D eigenvalue weighted by Crippen LogP contribution is -2.54. The molecule has 0 aromatic heterocycles. The molecule has 0 bridgehead atoms. The second-order valence-electron chi connectivity index (χ2n) is 9.62. The first-order chi connectivity index (χ1) is 16.4. The van der Waals surface area contributed by atoms with E-state index >= 15 is 0 Å². The summed E-state index contributed by atoms with van der Waals surface area (Å²) in [6, 6.07) is 6.55. The Balaban J connectivity index is 2.19. The number of carbonyl (C=O) groups excluding carboxylic acids is 2. The Morgan fingerprint density at radius 1 is 1.26 bits per heavy atom. The van der Waals surface area contributed by atoms with Crippen molar-refractivity contribution in [3.8, 4) is 0 Å². The van der Waals surface area contributed by atoms with E-state index in [1.807, 2.05) is 6.26 Å². The maximum atomic E-state index is 13.2. The molecule has 2 N–H and O–H groups in total. The van der Waals surface area contributed by atoms with Gasteiger partial charge in [-0.25, -0.2) is 13.2 Å². The molecule has 0 aliphatic heterocycles. The minimum absolute atomic E-state index is 0.186. The fourth-order valence-electron chi connectivity index (χ4n) is 4.03. The minimum Gasteiger partial charge on any atom is -0.444 e. The van der Waals surface area contributed by atoms with Crippen LogP contribution in [0.2, 0.25) is 0 Å². The number of hydrogen-bond acceptors (Lipinski definition) is 7. The van der Waals surface area contributed by atoms with Crippen LogP contribution in [0.3, 0.4) is 0 Å². The van der Waals surface area contributed by atoms with Crippen LogP contribution in [-0.2, 0) is 19.4 Å². The van der Waals surface area contributed by atoms with Gasteiger partial charge < -0.3 is 15.4 Å². The van der Waals surface area contributed by atoms with Crippen LogP contribution in [0.5, 0.6) is 0 Å². The molecule has 0 heterocycles. The van der Waals surface area contributed by atoms with Gasteiger partial charge in [0.1, 0.15) is 11.6 Å². The molecule has 0 saturated heterocycles. The van der Waals surface area contributed by atoms with Crippen LogP contribution in [0.1, 0.15) is 46.5 Å². The highest BCUT2D eigenvalue weighted by Crippen LogP contribution is 2.30. The highest BCUT2D eigenvalue weighted by atomic mass is 32.2. The van der Waals surface area contributed by atoms with E-state index in [1.54, 1.807) is 62.9 Å². The average molecular weight is 526 g/mol. The van der Waals surface area contributed by atoms with E-state index in [-0.39, 0.29) is 22.6 Å². The number of carbonyl (C=O) groups is 2. The normalized spacial score (nSPS) is 21.3. The van der Waals surface area contributed by atoms with Gasteiger partial charge in [0.05, 0.1) is 10.6 Å². The number of ether oxygens (including phenoxy) is 1. The zero-order valence-corrected chi connectivity index (χ0v) is 22.3. The number of alkyl carbamates (subject to hydrolysis) is 1. The molecule has 1 aliphatic carbocycles. The summed E-state index contributed by atoms with van der Waals surface area (Å²) in [6.07, 6.45) is 2.96. The summed E-state index contributed by atoms with van der Waals surface area (Å²) < 4.78 is 31.4. The molecule has 1 saturated carbocycles. The molecule has 12 heteroatoms. The summed E-state index contributed by atoms with van der Waals surface area (Å²) >= 11 is 1.55. The van der Waals surface area contributed by atoms with Gasteiger partial charge in [0.25, 0.3) is 0 Å². The lowest BCUT2D eigenvalue weighted by Gasteiger charge is -2.36. The number of nitrogens with one attached hydrogen (secondary N) is 2. The van der Waals surface area contributed by atoms with E-state index < -0.39 is 39.5 Å². The predicted octanol–water partition coefficient (Wildman–Crippen LogP) is 4.07. The van der Waals surface area contributed by atoms with Crippen LogP contribution in [-0.4, -0.2) is 61.9 Å². The van der Waals surface area contributed by atoms with Gasteiger partial charge in [-0.15, -0.1) is 0 Å². The van der Waals surface area contributed by atoms with Crippen LogP contribution in [0, 0.1) is 5.92 Å². The Hall–Kier alpha value is -2.43. The van der Waals surface area contributed by atoms with Crippen LogP contribution < -0.4 is 10.6 Å². The van der Waals surface area contributed by atoms with Crippen molar-refractivity contribution < 1.29 is 22.7 Å². The van der Waals surface area contributed by atoms with Gasteiger partial charge in [0.2, 0.25) is 5.91 Å². The van der Waals surface area contributed by atoms with Crippen molar-refractivity contribution in [2.24, 2.45) is 11.0 Å². The molecule has 4 atom stereocenters. The van der Waals surface area contributed by atoms with E-state index in [2.05, 4.69) is 20.7 Å². The second kappa shape index (κ2) is 13.0. The summed E-state index contributed by atoms with van der Waals surface area (Å²) in [5, 5.41) is 9.41. The van der Waals surface area contributed by atoms with Gasteiger partial charge in [-0.05, 0) is 82.0 Å². The van der Waals surface area contributed by atoms with Crippen molar-refractivity contribution in [3.05, 3.63) is 40.8 Å². The molecule has 1 fully saturated rings. The van der Waals surface area contributed by atoms with Crippen molar-refractivity contribution in [1.29, 1.82) is 0 Å². The second-order valence-corrected chi connectivity index (χ2v) is 12.6. The SMILES string of the molecule is CSCC[C@H](NC(=O)OC(C)(C)C)C(=O)N[C@H]1CC[C@@H](N=[N+]=[N-])C[C@H]1CS(=O)(=O)c1ccccc1. The number of amides is 2. The lowest BCUT2D eigenvalue weighted by molar-refractivity contribution is -0.124. The fraction of sp³-hybridized carbons (Fsp3) is 0.652. The smallest absolute Gasteiger partial charge is 0.408 e. The zero-order chi connectivity index (χ0) is 26.1. The summed E-state index contributed by atoms with van der Waals surface area (Å²) in [5.41, 5.74) is 8.16. The van der Waals surface area contributed by atoms with Crippen LogP contribution in [0.15, 0.2) is 40.3 Å². The Morgan fingerprint density at radius 2 is 1.94 bits per heavy atom. The number of sulfone groups is 1. The first-order valence-corrected chi connectivity index (χ1v) is 14.6. The van der Waals surface area contributed by atoms with E-state index in [1.165, 1.54) is 0 Å². The molecule has 0 spiro atoms. The van der Waals surface area contributed by atoms with Gasteiger partial charge in [-0.2, -0.15) is 11.8 Å². The van der Waals surface area contributed by atoms with E-state index in [0.717, 1.165) is 0 Å². The summed E-state index contributed by atoms with van der Waals surface area (Å²) in [4.78, 5) is 28.6. The molecule has 10 nitrogen and oxygen atoms in total. The standard InChI is InChI=1S/C23H35N5O5S2/c1-23(2,3)33-22(30)26-20(12-13-34-4)21(29)25-19-11-10-17(27-28-24)14-16(19)15-35(31,32)18-8-6-5-7-9-18/h5-9,16-17,19-20H,10-15H2,1-4H3,(H,25,29)(H,26,30)/t16-,17+,19-,20-/m0/s1. The third kappa shape index (κ3) is 9.62. The zero-order valence-electron chi connectivity index (χ0n) is 20.6. The Bertz CT molecular complexity index is 1010. The van der Waals surface area contributed by atoms with Crippen LogP contribution >= 0.6 is 11.8 Å². The Labute approximate surface area is 211 Å².